The number of hydrogen-bond acceptors (Lipinski definition) is 0. The van der Waals surface area contributed by atoms with E-state index in [1.165, 1.54) is 12.1 Å². The average molecular weight is 277 g/mol. The van der Waals surface area contributed by atoms with Crippen LogP contribution in [0.3, 0.4) is 0 Å². The van der Waals surface area contributed by atoms with E-state index in [9.17, 15) is 8.78 Å². The van der Waals surface area contributed by atoms with E-state index in [0.717, 1.165) is 24.2 Å². The minimum Gasteiger partial charge on any atom is -0.207 e. The molecule has 1 rings (SSSR count). The second-order valence-electron chi connectivity index (χ2n) is 3.75. The highest BCUT2D eigenvalue weighted by atomic mass is 79.9. The Labute approximate surface area is 97.8 Å². The van der Waals surface area contributed by atoms with Crippen LogP contribution < -0.4 is 0 Å². The molecule has 3 heteroatoms. The maximum atomic E-state index is 13.3. The molecule has 0 N–H and O–H groups in total. The summed E-state index contributed by atoms with van der Waals surface area (Å²) in [5.41, 5.74) is 0.480. The maximum absolute atomic E-state index is 13.3. The highest BCUT2D eigenvalue weighted by Gasteiger charge is 2.11. The van der Waals surface area contributed by atoms with Crippen molar-refractivity contribution in [3.63, 3.8) is 0 Å². The first kappa shape index (κ1) is 12.6. The van der Waals surface area contributed by atoms with Crippen molar-refractivity contribution >= 4 is 15.9 Å². The Morgan fingerprint density at radius 1 is 1.33 bits per heavy atom. The van der Waals surface area contributed by atoms with Gasteiger partial charge in [-0.3, -0.25) is 0 Å². The summed E-state index contributed by atoms with van der Waals surface area (Å²) in [6.45, 7) is 2.09. The lowest BCUT2D eigenvalue weighted by molar-refractivity contribution is 0.508. The van der Waals surface area contributed by atoms with Gasteiger partial charge >= 0.3 is 0 Å². The third-order valence-electron chi connectivity index (χ3n) is 2.43. The molecule has 84 valence electrons. The predicted octanol–water partition coefficient (Wildman–Crippen LogP) is 4.32. The first-order chi connectivity index (χ1) is 7.17. The SMILES string of the molecule is CCCC(CBr)Cc1cc(F)ccc1F. The molecule has 1 unspecified atom stereocenters. The second-order valence-corrected chi connectivity index (χ2v) is 4.40. The van der Waals surface area contributed by atoms with Gasteiger partial charge in [0.15, 0.2) is 0 Å². The van der Waals surface area contributed by atoms with Gasteiger partial charge in [0.25, 0.3) is 0 Å². The van der Waals surface area contributed by atoms with Crippen LogP contribution in [-0.2, 0) is 6.42 Å². The molecule has 0 amide bonds. The van der Waals surface area contributed by atoms with Crippen LogP contribution >= 0.6 is 15.9 Å². The second kappa shape index (κ2) is 6.21. The van der Waals surface area contributed by atoms with Gasteiger partial charge in [-0.25, -0.2) is 8.78 Å². The molecule has 1 aromatic carbocycles. The minimum absolute atomic E-state index is 0.307. The molecule has 0 radical (unpaired) electrons. The normalized spacial score (nSPS) is 12.8. The summed E-state index contributed by atoms with van der Waals surface area (Å²) >= 11 is 3.40. The molecule has 0 aromatic heterocycles. The smallest absolute Gasteiger partial charge is 0.126 e. The van der Waals surface area contributed by atoms with Crippen molar-refractivity contribution < 1.29 is 8.78 Å². The van der Waals surface area contributed by atoms with Gasteiger partial charge in [-0.2, -0.15) is 0 Å². The van der Waals surface area contributed by atoms with E-state index in [4.69, 9.17) is 0 Å². The molecule has 0 bridgehead atoms. The topological polar surface area (TPSA) is 0 Å². The lowest BCUT2D eigenvalue weighted by Crippen LogP contribution is -2.07. The number of benzene rings is 1. The molecule has 0 saturated heterocycles. The Morgan fingerprint density at radius 2 is 2.07 bits per heavy atom. The molecular weight excluding hydrogens is 262 g/mol. The lowest BCUT2D eigenvalue weighted by Gasteiger charge is -2.13. The van der Waals surface area contributed by atoms with E-state index in [1.54, 1.807) is 0 Å². The van der Waals surface area contributed by atoms with Gasteiger partial charge in [0.05, 0.1) is 0 Å². The lowest BCUT2D eigenvalue weighted by atomic mass is 9.96. The minimum atomic E-state index is -0.365. The molecule has 0 aliphatic rings. The maximum Gasteiger partial charge on any atom is 0.126 e. The fourth-order valence-corrected chi connectivity index (χ4v) is 2.21. The first-order valence-electron chi connectivity index (χ1n) is 5.17. The summed E-state index contributed by atoms with van der Waals surface area (Å²) in [7, 11) is 0. The van der Waals surface area contributed by atoms with Gasteiger partial charge in [0.1, 0.15) is 11.6 Å². The molecule has 0 spiro atoms. The number of alkyl halides is 1. The van der Waals surface area contributed by atoms with Crippen LogP contribution in [0.5, 0.6) is 0 Å². The fraction of sp³-hybridized carbons (Fsp3) is 0.500. The molecule has 15 heavy (non-hydrogen) atoms. The molecule has 1 atom stereocenters. The highest BCUT2D eigenvalue weighted by molar-refractivity contribution is 9.09. The molecule has 1 aromatic rings. The quantitative estimate of drug-likeness (QED) is 0.703. The van der Waals surface area contributed by atoms with Crippen molar-refractivity contribution in [2.45, 2.75) is 26.2 Å². The molecule has 0 nitrogen and oxygen atoms in total. The summed E-state index contributed by atoms with van der Waals surface area (Å²) in [6, 6.07) is 3.64. The van der Waals surface area contributed by atoms with E-state index in [1.807, 2.05) is 0 Å². The summed E-state index contributed by atoms with van der Waals surface area (Å²) < 4.78 is 26.2. The third-order valence-corrected chi connectivity index (χ3v) is 3.35. The van der Waals surface area contributed by atoms with Crippen molar-refractivity contribution in [2.75, 3.05) is 5.33 Å². The van der Waals surface area contributed by atoms with Crippen molar-refractivity contribution in [2.24, 2.45) is 5.92 Å². The van der Waals surface area contributed by atoms with E-state index in [-0.39, 0.29) is 11.6 Å². The number of rotatable bonds is 5. The van der Waals surface area contributed by atoms with Gasteiger partial charge < -0.3 is 0 Å². The van der Waals surface area contributed by atoms with Crippen LogP contribution in [0.2, 0.25) is 0 Å². The van der Waals surface area contributed by atoms with Crippen molar-refractivity contribution in [1.82, 2.24) is 0 Å². The molecule has 0 aliphatic heterocycles. The third kappa shape index (κ3) is 3.90. The van der Waals surface area contributed by atoms with E-state index in [2.05, 4.69) is 22.9 Å². The fourth-order valence-electron chi connectivity index (χ4n) is 1.65. The van der Waals surface area contributed by atoms with E-state index < -0.39 is 0 Å². The predicted molar refractivity (Wildman–Crippen MR) is 62.3 cm³/mol. The summed E-state index contributed by atoms with van der Waals surface area (Å²) in [5.74, 6) is -0.291. The zero-order valence-corrected chi connectivity index (χ0v) is 10.4. The van der Waals surface area contributed by atoms with E-state index in [0.29, 0.717) is 17.9 Å². The molecule has 0 saturated carbocycles. The summed E-state index contributed by atoms with van der Waals surface area (Å²) in [5, 5.41) is 0.830. The van der Waals surface area contributed by atoms with Gasteiger partial charge in [-0.05, 0) is 42.5 Å². The Bertz CT molecular complexity index is 312. The van der Waals surface area contributed by atoms with Crippen LogP contribution in [0, 0.1) is 17.6 Å². The van der Waals surface area contributed by atoms with Crippen LogP contribution in [0.1, 0.15) is 25.3 Å². The van der Waals surface area contributed by atoms with Crippen LogP contribution in [0.4, 0.5) is 8.78 Å². The summed E-state index contributed by atoms with van der Waals surface area (Å²) in [6.07, 6.45) is 2.69. The zero-order chi connectivity index (χ0) is 11.3. The average Bonchev–Trinajstić information content (AvgIpc) is 2.22. The first-order valence-corrected chi connectivity index (χ1v) is 6.29. The highest BCUT2D eigenvalue weighted by Crippen LogP contribution is 2.19. The zero-order valence-electron chi connectivity index (χ0n) is 8.77. The number of halogens is 3. The summed E-state index contributed by atoms with van der Waals surface area (Å²) in [4.78, 5) is 0. The van der Waals surface area contributed by atoms with Gasteiger partial charge in [-0.15, -0.1) is 0 Å². The molecule has 0 heterocycles. The van der Waals surface area contributed by atoms with Gasteiger partial charge in [0.2, 0.25) is 0 Å². The molecule has 0 fully saturated rings. The Balaban J connectivity index is 2.73. The Hall–Kier alpha value is -0.440. The van der Waals surface area contributed by atoms with Gasteiger partial charge in [0, 0.05) is 5.33 Å². The largest absolute Gasteiger partial charge is 0.207 e. The van der Waals surface area contributed by atoms with Crippen molar-refractivity contribution in [3.8, 4) is 0 Å². The van der Waals surface area contributed by atoms with Crippen LogP contribution in [0.25, 0.3) is 0 Å². The Morgan fingerprint density at radius 3 is 2.67 bits per heavy atom. The number of hydrogen-bond donors (Lipinski definition) is 0. The van der Waals surface area contributed by atoms with Crippen LogP contribution in [-0.4, -0.2) is 5.33 Å². The standard InChI is InChI=1S/C12H15BrF2/c1-2-3-9(8-13)6-10-7-11(14)4-5-12(10)15/h4-5,7,9H,2-3,6,8H2,1H3. The van der Waals surface area contributed by atoms with Crippen molar-refractivity contribution in [1.29, 1.82) is 0 Å². The van der Waals surface area contributed by atoms with E-state index >= 15 is 0 Å². The molecule has 0 aliphatic carbocycles. The monoisotopic (exact) mass is 276 g/mol. The van der Waals surface area contributed by atoms with Crippen LogP contribution in [0.15, 0.2) is 18.2 Å². The molecular formula is C12H15BrF2. The van der Waals surface area contributed by atoms with Gasteiger partial charge in [-0.1, -0.05) is 29.3 Å². The van der Waals surface area contributed by atoms with Crippen molar-refractivity contribution in [3.05, 3.63) is 35.4 Å². The Kier molecular flexibility index (Phi) is 5.23.